The summed E-state index contributed by atoms with van der Waals surface area (Å²) in [6.45, 7) is 2.54. The molecule has 0 aromatic heterocycles. The Labute approximate surface area is 95.8 Å². The summed E-state index contributed by atoms with van der Waals surface area (Å²) in [6.07, 6.45) is 1.02. The van der Waals surface area contributed by atoms with Crippen molar-refractivity contribution in [2.75, 3.05) is 31.0 Å². The molecule has 0 aliphatic carbocycles. The molecule has 0 bridgehead atoms. The molecule has 2 rings (SSSR count). The van der Waals surface area contributed by atoms with Crippen LogP contribution in [-0.4, -0.2) is 31.6 Å². The predicted octanol–water partition coefficient (Wildman–Crippen LogP) is 1.48. The number of likely N-dealkylation sites (N-methyl/N-ethyl adjacent to an activating group) is 1. The number of hydrazine groups is 1. The number of hydrogen-bond donors (Lipinski definition) is 1. The topological polar surface area (TPSA) is 35.6 Å². The molecule has 0 unspecified atom stereocenters. The van der Waals surface area contributed by atoms with Crippen LogP contribution in [0.15, 0.2) is 18.2 Å². The largest absolute Gasteiger partial charge is 0.324 e. The smallest absolute Gasteiger partial charge is 0.221 e. The minimum Gasteiger partial charge on any atom is -0.324 e. The van der Waals surface area contributed by atoms with Crippen molar-refractivity contribution in [3.05, 3.63) is 23.8 Å². The van der Waals surface area contributed by atoms with Crippen LogP contribution in [0.2, 0.25) is 0 Å². The molecular weight excluding hydrogens is 202 g/mol. The third-order valence-corrected chi connectivity index (χ3v) is 2.97. The number of carbonyl (C=O) groups is 1. The van der Waals surface area contributed by atoms with Crippen molar-refractivity contribution in [2.24, 2.45) is 0 Å². The Bertz CT molecular complexity index is 417. The molecule has 0 radical (unpaired) electrons. The molecule has 1 aromatic rings. The van der Waals surface area contributed by atoms with Crippen LogP contribution < -0.4 is 10.3 Å². The van der Waals surface area contributed by atoms with Gasteiger partial charge in [-0.1, -0.05) is 12.1 Å². The average Bonchev–Trinajstić information content (AvgIpc) is 2.23. The van der Waals surface area contributed by atoms with Crippen LogP contribution >= 0.6 is 0 Å². The van der Waals surface area contributed by atoms with E-state index in [1.54, 1.807) is 0 Å². The van der Waals surface area contributed by atoms with E-state index in [4.69, 9.17) is 0 Å². The lowest BCUT2D eigenvalue weighted by Crippen LogP contribution is -2.42. The Kier molecular flexibility index (Phi) is 2.83. The summed E-state index contributed by atoms with van der Waals surface area (Å²) in [4.78, 5) is 11.1. The lowest BCUT2D eigenvalue weighted by atomic mass is 10.1. The second kappa shape index (κ2) is 4.14. The maximum absolute atomic E-state index is 11.1. The molecule has 0 fully saturated rings. The number of rotatable bonds is 1. The first kappa shape index (κ1) is 11.0. The van der Waals surface area contributed by atoms with E-state index in [-0.39, 0.29) is 5.91 Å². The number of para-hydroxylation sites is 1. The van der Waals surface area contributed by atoms with Gasteiger partial charge >= 0.3 is 0 Å². The van der Waals surface area contributed by atoms with E-state index in [1.165, 1.54) is 12.5 Å². The van der Waals surface area contributed by atoms with Crippen molar-refractivity contribution < 1.29 is 4.79 Å². The van der Waals surface area contributed by atoms with Crippen LogP contribution in [0.1, 0.15) is 12.5 Å². The molecule has 0 spiro atoms. The molecule has 1 heterocycles. The van der Waals surface area contributed by atoms with E-state index in [2.05, 4.69) is 21.4 Å². The molecule has 1 aliphatic heterocycles. The summed E-state index contributed by atoms with van der Waals surface area (Å²) in [5.74, 6) is -0.0324. The molecule has 4 nitrogen and oxygen atoms in total. The van der Waals surface area contributed by atoms with Crippen molar-refractivity contribution in [3.8, 4) is 0 Å². The Hall–Kier alpha value is -1.55. The number of nitrogens with one attached hydrogen (secondary N) is 1. The molecule has 86 valence electrons. The van der Waals surface area contributed by atoms with E-state index >= 15 is 0 Å². The van der Waals surface area contributed by atoms with Gasteiger partial charge in [-0.15, -0.1) is 0 Å². The molecule has 1 amide bonds. The lowest BCUT2D eigenvalue weighted by Gasteiger charge is -2.37. The monoisotopic (exact) mass is 219 g/mol. The summed E-state index contributed by atoms with van der Waals surface area (Å²) in [5.41, 5.74) is 3.28. The zero-order valence-electron chi connectivity index (χ0n) is 9.95. The van der Waals surface area contributed by atoms with Gasteiger partial charge < -0.3 is 10.3 Å². The normalized spacial score (nSPS) is 15.8. The second-order valence-corrected chi connectivity index (χ2v) is 4.15. The molecule has 1 N–H and O–H groups in total. The fourth-order valence-electron chi connectivity index (χ4n) is 2.07. The number of hydrogen-bond acceptors (Lipinski definition) is 3. The van der Waals surface area contributed by atoms with E-state index < -0.39 is 0 Å². The second-order valence-electron chi connectivity index (χ2n) is 4.15. The summed E-state index contributed by atoms with van der Waals surface area (Å²) in [5, 5.41) is 7.11. The van der Waals surface area contributed by atoms with Crippen LogP contribution in [0.3, 0.4) is 0 Å². The first-order valence-electron chi connectivity index (χ1n) is 5.44. The van der Waals surface area contributed by atoms with Crippen LogP contribution in [0.5, 0.6) is 0 Å². The molecular formula is C12H17N3O. The first-order chi connectivity index (χ1) is 7.59. The van der Waals surface area contributed by atoms with Gasteiger partial charge in [0.25, 0.3) is 0 Å². The Morgan fingerprint density at radius 3 is 2.81 bits per heavy atom. The van der Waals surface area contributed by atoms with Gasteiger partial charge in [0.15, 0.2) is 0 Å². The Balaban J connectivity index is 2.44. The number of nitrogens with zero attached hydrogens (tertiary/aromatic N) is 2. The van der Waals surface area contributed by atoms with Crippen LogP contribution in [0.25, 0.3) is 0 Å². The van der Waals surface area contributed by atoms with E-state index in [0.717, 1.165) is 24.3 Å². The molecule has 1 aromatic carbocycles. The van der Waals surface area contributed by atoms with Gasteiger partial charge in [0.05, 0.1) is 11.4 Å². The van der Waals surface area contributed by atoms with Crippen molar-refractivity contribution in [1.82, 2.24) is 5.01 Å². The summed E-state index contributed by atoms with van der Waals surface area (Å²) in [7, 11) is 4.07. The van der Waals surface area contributed by atoms with Gasteiger partial charge in [0, 0.05) is 27.6 Å². The fourth-order valence-corrected chi connectivity index (χ4v) is 2.07. The maximum atomic E-state index is 11.1. The van der Waals surface area contributed by atoms with Crippen LogP contribution in [-0.2, 0) is 11.2 Å². The summed E-state index contributed by atoms with van der Waals surface area (Å²) in [6, 6.07) is 6.04. The Morgan fingerprint density at radius 1 is 1.38 bits per heavy atom. The molecule has 0 saturated carbocycles. The highest BCUT2D eigenvalue weighted by molar-refractivity contribution is 5.93. The minimum absolute atomic E-state index is 0.0324. The van der Waals surface area contributed by atoms with Crippen molar-refractivity contribution in [3.63, 3.8) is 0 Å². The lowest BCUT2D eigenvalue weighted by molar-refractivity contribution is -0.114. The summed E-state index contributed by atoms with van der Waals surface area (Å²) >= 11 is 0. The maximum Gasteiger partial charge on any atom is 0.221 e. The van der Waals surface area contributed by atoms with Crippen molar-refractivity contribution in [1.29, 1.82) is 0 Å². The average molecular weight is 219 g/mol. The number of amides is 1. The number of benzene rings is 1. The van der Waals surface area contributed by atoms with E-state index in [1.807, 2.05) is 26.2 Å². The fraction of sp³-hybridized carbons (Fsp3) is 0.417. The standard InChI is InChI=1S/C12H17N3O/c1-9(16)13-11-6-4-5-10-7-8-14(2)15(3)12(10)11/h4-6H,7-8H2,1-3H3,(H,13,16). The van der Waals surface area contributed by atoms with Gasteiger partial charge in [-0.25, -0.2) is 5.01 Å². The van der Waals surface area contributed by atoms with E-state index in [0.29, 0.717) is 0 Å². The highest BCUT2D eigenvalue weighted by Gasteiger charge is 2.21. The third kappa shape index (κ3) is 1.88. The molecule has 0 atom stereocenters. The zero-order valence-corrected chi connectivity index (χ0v) is 9.95. The van der Waals surface area contributed by atoms with Crippen LogP contribution in [0.4, 0.5) is 11.4 Å². The number of fused-ring (bicyclic) bond motifs is 1. The quantitative estimate of drug-likeness (QED) is 0.777. The minimum atomic E-state index is -0.0324. The molecule has 4 heteroatoms. The molecule has 0 saturated heterocycles. The molecule has 16 heavy (non-hydrogen) atoms. The highest BCUT2D eigenvalue weighted by Crippen LogP contribution is 2.33. The first-order valence-corrected chi connectivity index (χ1v) is 5.44. The van der Waals surface area contributed by atoms with Crippen molar-refractivity contribution in [2.45, 2.75) is 13.3 Å². The van der Waals surface area contributed by atoms with Gasteiger partial charge in [-0.05, 0) is 18.1 Å². The van der Waals surface area contributed by atoms with Gasteiger partial charge in [-0.3, -0.25) is 4.79 Å². The number of carbonyl (C=O) groups excluding carboxylic acids is 1. The SMILES string of the molecule is CC(=O)Nc1cccc2c1N(C)N(C)CC2. The Morgan fingerprint density at radius 2 is 2.12 bits per heavy atom. The van der Waals surface area contributed by atoms with Gasteiger partial charge in [0.2, 0.25) is 5.91 Å². The summed E-state index contributed by atoms with van der Waals surface area (Å²) < 4.78 is 0. The molecule has 1 aliphatic rings. The zero-order chi connectivity index (χ0) is 11.7. The highest BCUT2D eigenvalue weighted by atomic mass is 16.1. The number of anilines is 2. The van der Waals surface area contributed by atoms with Gasteiger partial charge in [0.1, 0.15) is 0 Å². The van der Waals surface area contributed by atoms with E-state index in [9.17, 15) is 4.79 Å². The van der Waals surface area contributed by atoms with Crippen molar-refractivity contribution >= 4 is 17.3 Å². The predicted molar refractivity (Wildman–Crippen MR) is 65.5 cm³/mol. The van der Waals surface area contributed by atoms with Crippen LogP contribution in [0, 0.1) is 0 Å². The van der Waals surface area contributed by atoms with Gasteiger partial charge in [-0.2, -0.15) is 0 Å². The third-order valence-electron chi connectivity index (χ3n) is 2.97.